The Balaban J connectivity index is 0. The zero-order chi connectivity index (χ0) is 41.9. The van der Waals surface area contributed by atoms with Crippen LogP contribution in [0.25, 0.3) is 0 Å². The number of hydrogen-bond donors (Lipinski definition) is 4. The predicted molar refractivity (Wildman–Crippen MR) is 238 cm³/mol. The zero-order valence-electron chi connectivity index (χ0n) is 36.0. The van der Waals surface area contributed by atoms with Crippen molar-refractivity contribution in [3.8, 4) is 0 Å². The quantitative estimate of drug-likeness (QED) is 0.0200. The van der Waals surface area contributed by atoms with Crippen LogP contribution in [-0.4, -0.2) is 65.7 Å². The Hall–Kier alpha value is -2.89. The molecule has 0 bridgehead atoms. The van der Waals surface area contributed by atoms with Crippen molar-refractivity contribution in [1.29, 1.82) is 0 Å². The molecule has 0 aromatic carbocycles. The first-order chi connectivity index (χ1) is 27.7. The van der Waals surface area contributed by atoms with Gasteiger partial charge in [0.05, 0.1) is 13.2 Å². The minimum absolute atomic E-state index is 0. The van der Waals surface area contributed by atoms with E-state index in [9.17, 15) is 29.3 Å². The Bertz CT molecular complexity index is 1230. The highest BCUT2D eigenvalue weighted by Gasteiger charge is 2.25. The summed E-state index contributed by atoms with van der Waals surface area (Å²) < 4.78 is 31.6. The van der Waals surface area contributed by atoms with E-state index in [4.69, 9.17) is 18.5 Å². The van der Waals surface area contributed by atoms with E-state index in [1.807, 2.05) is 12.2 Å². The summed E-state index contributed by atoms with van der Waals surface area (Å²) >= 11 is 0. The zero-order valence-corrected chi connectivity index (χ0v) is 36.9. The fraction of sp³-hybridized carbons (Fsp3) is 0.652. The number of aliphatic hydroxyl groups excluding tert-OH is 2. The van der Waals surface area contributed by atoms with Crippen LogP contribution in [-0.2, 0) is 32.7 Å². The van der Waals surface area contributed by atoms with Gasteiger partial charge in [-0.25, -0.2) is 4.57 Å². The summed E-state index contributed by atoms with van der Waals surface area (Å²) in [6, 6.07) is 0. The van der Waals surface area contributed by atoms with Crippen LogP contribution in [0.15, 0.2) is 85.1 Å². The lowest BCUT2D eigenvalue weighted by Crippen LogP contribution is -2.25. The molecule has 0 aromatic heterocycles. The van der Waals surface area contributed by atoms with Crippen molar-refractivity contribution >= 4 is 19.8 Å². The molecule has 0 rings (SSSR count). The molecule has 0 amide bonds. The second-order valence-corrected chi connectivity index (χ2v) is 15.5. The van der Waals surface area contributed by atoms with Gasteiger partial charge in [0, 0.05) is 12.8 Å². The molecule has 1 unspecified atom stereocenters. The van der Waals surface area contributed by atoms with Crippen molar-refractivity contribution in [1.82, 2.24) is 6.15 Å². The minimum atomic E-state index is -4.62. The van der Waals surface area contributed by atoms with Crippen molar-refractivity contribution in [2.45, 2.75) is 167 Å². The van der Waals surface area contributed by atoms with Crippen molar-refractivity contribution in [2.24, 2.45) is 0 Å². The summed E-state index contributed by atoms with van der Waals surface area (Å²) in [5.74, 6) is -0.975. The maximum absolute atomic E-state index is 12.1. The fourth-order valence-electron chi connectivity index (χ4n) is 5.20. The van der Waals surface area contributed by atoms with Gasteiger partial charge in [-0.05, 0) is 77.0 Å². The first-order valence-corrected chi connectivity index (χ1v) is 23.0. The molecule has 0 aliphatic carbocycles. The molecule has 334 valence electrons. The van der Waals surface area contributed by atoms with Crippen LogP contribution in [0.2, 0.25) is 0 Å². The fourth-order valence-corrected chi connectivity index (χ4v) is 5.99. The van der Waals surface area contributed by atoms with Gasteiger partial charge in [0.1, 0.15) is 25.4 Å². The maximum atomic E-state index is 12.1. The topological polar surface area (TPSA) is 184 Å². The van der Waals surface area contributed by atoms with E-state index in [1.165, 1.54) is 44.9 Å². The van der Waals surface area contributed by atoms with Crippen LogP contribution < -0.4 is 6.15 Å². The molecule has 0 aliphatic rings. The van der Waals surface area contributed by atoms with E-state index in [2.05, 4.69) is 86.8 Å². The Morgan fingerprint density at radius 2 is 0.845 bits per heavy atom. The Labute approximate surface area is 351 Å². The predicted octanol–water partition coefficient (Wildman–Crippen LogP) is 11.6. The van der Waals surface area contributed by atoms with Crippen LogP contribution >= 0.6 is 7.82 Å². The van der Waals surface area contributed by atoms with E-state index in [1.54, 1.807) is 0 Å². The molecule has 0 radical (unpaired) electrons. The standard InChI is InChI=1S/C46H77O10P.H3N/c1-3-5-7-9-11-13-15-17-19-20-21-22-24-26-28-30-32-34-36-38-46(50)54-40-44(48)42-56-57(51,52)55-41-43(47)39-53-45(49)37-35-33-31-29-27-25-23-18-16-14-12-10-8-6-4-2;/h5,7,11,13,17-19,21-23,26,28,32,34,43-44,47-48H,3-4,6,8-10,12,14-16,20,24-25,27,29-31,33,35-42H2,1-2H3,(H,51,52);1H3/b7-5-,13-11-,19-17-,22-21-,23-18-,28-26-,34-32-;/t43-,44-;/m1./s1. The van der Waals surface area contributed by atoms with E-state index in [0.29, 0.717) is 12.8 Å². The summed E-state index contributed by atoms with van der Waals surface area (Å²) in [6.07, 6.45) is 48.7. The van der Waals surface area contributed by atoms with Crippen molar-refractivity contribution < 1.29 is 47.8 Å². The Morgan fingerprint density at radius 3 is 1.29 bits per heavy atom. The molecule has 0 saturated carbocycles. The number of rotatable bonds is 39. The number of carbonyl (C=O) groups is 2. The minimum Gasteiger partial charge on any atom is -0.463 e. The van der Waals surface area contributed by atoms with Crippen LogP contribution in [0, 0.1) is 0 Å². The number of phosphoric ester groups is 1. The number of ether oxygens (including phenoxy) is 2. The van der Waals surface area contributed by atoms with Gasteiger partial charge in [-0.3, -0.25) is 18.6 Å². The SMILES string of the molecule is CC/C=C\C/C=C\C/C=C\C/C=C\C/C=C\C/C=C\CCC(=O)OC[C@@H](O)COP(=O)(O)OC[C@H](O)COC(=O)CCCCCCC/C=C\CCCCCCCC.N. The van der Waals surface area contributed by atoms with E-state index < -0.39 is 51.8 Å². The van der Waals surface area contributed by atoms with E-state index in [0.717, 1.165) is 70.6 Å². The highest BCUT2D eigenvalue weighted by atomic mass is 31.2. The van der Waals surface area contributed by atoms with Crippen molar-refractivity contribution in [3.05, 3.63) is 85.1 Å². The summed E-state index contributed by atoms with van der Waals surface area (Å²) in [5, 5.41) is 20.0. The second kappa shape index (κ2) is 43.7. The molecule has 0 saturated heterocycles. The first-order valence-electron chi connectivity index (χ1n) is 21.5. The first kappa shape index (κ1) is 57.2. The highest BCUT2D eigenvalue weighted by Crippen LogP contribution is 2.43. The third-order valence-electron chi connectivity index (χ3n) is 8.49. The number of esters is 2. The number of unbranched alkanes of at least 4 members (excludes halogenated alkanes) is 11. The van der Waals surface area contributed by atoms with Gasteiger partial charge >= 0.3 is 19.8 Å². The van der Waals surface area contributed by atoms with Gasteiger partial charge < -0.3 is 30.7 Å². The molecule has 58 heavy (non-hydrogen) atoms. The molecular weight excluding hydrogens is 757 g/mol. The number of hydrogen-bond acceptors (Lipinski definition) is 10. The molecular formula is C46H80NO10P. The molecule has 12 heteroatoms. The second-order valence-electron chi connectivity index (χ2n) is 14.0. The third-order valence-corrected chi connectivity index (χ3v) is 9.44. The number of phosphoric acid groups is 1. The molecule has 0 spiro atoms. The Kier molecular flexibility index (Phi) is 43.1. The summed E-state index contributed by atoms with van der Waals surface area (Å²) in [5.41, 5.74) is 0. The summed E-state index contributed by atoms with van der Waals surface area (Å²) in [4.78, 5) is 33.8. The molecule has 0 heterocycles. The van der Waals surface area contributed by atoms with Gasteiger partial charge in [0.25, 0.3) is 0 Å². The maximum Gasteiger partial charge on any atom is 0.472 e. The third kappa shape index (κ3) is 44.2. The molecule has 0 fully saturated rings. The lowest BCUT2D eigenvalue weighted by Gasteiger charge is -2.17. The smallest absolute Gasteiger partial charge is 0.463 e. The lowest BCUT2D eigenvalue weighted by atomic mass is 10.1. The number of allylic oxidation sites excluding steroid dienone is 14. The summed E-state index contributed by atoms with van der Waals surface area (Å²) in [6.45, 7) is 2.32. The van der Waals surface area contributed by atoms with Crippen LogP contribution in [0.3, 0.4) is 0 Å². The van der Waals surface area contributed by atoms with Gasteiger partial charge in [-0.15, -0.1) is 0 Å². The number of aliphatic hydroxyl groups is 2. The lowest BCUT2D eigenvalue weighted by molar-refractivity contribution is -0.147. The molecule has 3 atom stereocenters. The van der Waals surface area contributed by atoms with Gasteiger partial charge in [0.15, 0.2) is 0 Å². The van der Waals surface area contributed by atoms with Gasteiger partial charge in [0.2, 0.25) is 0 Å². The summed E-state index contributed by atoms with van der Waals surface area (Å²) in [7, 11) is -4.62. The average Bonchev–Trinajstić information content (AvgIpc) is 3.20. The normalized spacial score (nSPS) is 14.4. The molecule has 0 aliphatic heterocycles. The number of carbonyl (C=O) groups excluding carboxylic acids is 2. The molecule has 6 N–H and O–H groups in total. The van der Waals surface area contributed by atoms with Gasteiger partial charge in [-0.1, -0.05) is 150 Å². The van der Waals surface area contributed by atoms with Crippen LogP contribution in [0.4, 0.5) is 0 Å². The van der Waals surface area contributed by atoms with Crippen molar-refractivity contribution in [2.75, 3.05) is 26.4 Å². The van der Waals surface area contributed by atoms with Gasteiger partial charge in [-0.2, -0.15) is 0 Å². The molecule has 11 nitrogen and oxygen atoms in total. The monoisotopic (exact) mass is 838 g/mol. The van der Waals surface area contributed by atoms with Crippen molar-refractivity contribution in [3.63, 3.8) is 0 Å². The largest absolute Gasteiger partial charge is 0.472 e. The van der Waals surface area contributed by atoms with Crippen LogP contribution in [0.5, 0.6) is 0 Å². The van der Waals surface area contributed by atoms with E-state index in [-0.39, 0.29) is 25.6 Å². The molecule has 0 aromatic rings. The van der Waals surface area contributed by atoms with E-state index >= 15 is 0 Å². The van der Waals surface area contributed by atoms with Crippen LogP contribution in [0.1, 0.15) is 155 Å². The Morgan fingerprint density at radius 1 is 0.483 bits per heavy atom. The average molecular weight is 838 g/mol. The highest BCUT2D eigenvalue weighted by molar-refractivity contribution is 7.47.